The van der Waals surface area contributed by atoms with Gasteiger partial charge in [-0.1, -0.05) is 30.3 Å². The molecule has 0 unspecified atom stereocenters. The first-order valence-corrected chi connectivity index (χ1v) is 7.57. The highest BCUT2D eigenvalue weighted by Crippen LogP contribution is 2.32. The van der Waals surface area contributed by atoms with Crippen LogP contribution in [-0.4, -0.2) is 28.4 Å². The Kier molecular flexibility index (Phi) is 4.55. The second-order valence-electron chi connectivity index (χ2n) is 5.36. The van der Waals surface area contributed by atoms with Gasteiger partial charge in [0.25, 0.3) is 0 Å². The number of aliphatic hydroxyl groups excluding tert-OH is 2. The molecule has 0 atom stereocenters. The van der Waals surface area contributed by atoms with Gasteiger partial charge in [-0.05, 0) is 30.7 Å². The summed E-state index contributed by atoms with van der Waals surface area (Å²) in [7, 11) is 0. The molecule has 0 fully saturated rings. The van der Waals surface area contributed by atoms with E-state index in [1.165, 1.54) is 0 Å². The van der Waals surface area contributed by atoms with Crippen LogP contribution in [0.3, 0.4) is 0 Å². The van der Waals surface area contributed by atoms with Crippen molar-refractivity contribution in [2.75, 3.05) is 13.2 Å². The Morgan fingerprint density at radius 1 is 1.04 bits per heavy atom. The van der Waals surface area contributed by atoms with Gasteiger partial charge in [0.05, 0.1) is 24.4 Å². The molecule has 4 heteroatoms. The van der Waals surface area contributed by atoms with Gasteiger partial charge < -0.3 is 14.9 Å². The predicted octanol–water partition coefficient (Wildman–Crippen LogP) is 3.07. The van der Waals surface area contributed by atoms with Crippen molar-refractivity contribution < 1.29 is 14.9 Å². The molecule has 3 aromatic rings. The third kappa shape index (κ3) is 3.04. The maximum atomic E-state index is 9.57. The molecule has 0 bridgehead atoms. The molecular weight excluding hydrogens is 290 g/mol. The number of para-hydroxylation sites is 2. The predicted molar refractivity (Wildman–Crippen MR) is 90.4 cm³/mol. The Morgan fingerprint density at radius 2 is 1.87 bits per heavy atom. The van der Waals surface area contributed by atoms with Gasteiger partial charge in [0.1, 0.15) is 12.4 Å². The lowest BCUT2D eigenvalue weighted by atomic mass is 10.0. The van der Waals surface area contributed by atoms with Gasteiger partial charge in [-0.25, -0.2) is 4.98 Å². The van der Waals surface area contributed by atoms with Crippen molar-refractivity contribution in [3.05, 3.63) is 59.7 Å². The second kappa shape index (κ2) is 6.77. The van der Waals surface area contributed by atoms with Crippen LogP contribution in [0.15, 0.2) is 48.5 Å². The van der Waals surface area contributed by atoms with Crippen LogP contribution in [0.25, 0.3) is 22.2 Å². The molecule has 23 heavy (non-hydrogen) atoms. The van der Waals surface area contributed by atoms with E-state index in [0.29, 0.717) is 5.75 Å². The number of nitrogens with zero attached hydrogens (tertiary/aromatic N) is 1. The van der Waals surface area contributed by atoms with Gasteiger partial charge in [0, 0.05) is 16.5 Å². The molecular formula is C19H19NO3. The molecule has 0 spiro atoms. The summed E-state index contributed by atoms with van der Waals surface area (Å²) >= 11 is 0. The summed E-state index contributed by atoms with van der Waals surface area (Å²) in [5, 5.41) is 19.6. The van der Waals surface area contributed by atoms with Gasteiger partial charge in [0.15, 0.2) is 0 Å². The third-order valence-electron chi connectivity index (χ3n) is 3.81. The zero-order valence-corrected chi connectivity index (χ0v) is 13.0. The maximum Gasteiger partial charge on any atom is 0.128 e. The molecule has 2 N–H and O–H groups in total. The molecule has 118 valence electrons. The highest BCUT2D eigenvalue weighted by Gasteiger charge is 2.11. The van der Waals surface area contributed by atoms with E-state index >= 15 is 0 Å². The Labute approximate surface area is 135 Å². The fraction of sp³-hybridized carbons (Fsp3) is 0.211. The van der Waals surface area contributed by atoms with Gasteiger partial charge in [-0.3, -0.25) is 0 Å². The summed E-state index contributed by atoms with van der Waals surface area (Å²) in [5.74, 6) is 0.689. The van der Waals surface area contributed by atoms with Crippen LogP contribution >= 0.6 is 0 Å². The van der Waals surface area contributed by atoms with E-state index < -0.39 is 0 Å². The van der Waals surface area contributed by atoms with E-state index in [1.807, 2.05) is 55.5 Å². The van der Waals surface area contributed by atoms with Crippen LogP contribution in [0, 0.1) is 6.92 Å². The number of aliphatic hydroxyl groups is 2. The SMILES string of the molecule is Cc1cc(-c2ccccc2OCCO)nc2c(CO)cccc12. The minimum absolute atomic E-state index is 0.0346. The highest BCUT2D eigenvalue weighted by molar-refractivity contribution is 5.88. The number of aryl methyl sites for hydroxylation is 1. The Bertz CT molecular complexity index is 830. The highest BCUT2D eigenvalue weighted by atomic mass is 16.5. The van der Waals surface area contributed by atoms with Crippen LogP contribution in [0.5, 0.6) is 5.75 Å². The minimum atomic E-state index is -0.0457. The average Bonchev–Trinajstić information content (AvgIpc) is 2.59. The molecule has 1 aromatic heterocycles. The molecule has 0 aliphatic heterocycles. The van der Waals surface area contributed by atoms with E-state index in [2.05, 4.69) is 0 Å². The lowest BCUT2D eigenvalue weighted by Gasteiger charge is -2.13. The van der Waals surface area contributed by atoms with Crippen molar-refractivity contribution in [2.24, 2.45) is 0 Å². The van der Waals surface area contributed by atoms with Crippen molar-refractivity contribution in [2.45, 2.75) is 13.5 Å². The topological polar surface area (TPSA) is 62.6 Å². The monoisotopic (exact) mass is 309 g/mol. The molecule has 0 aliphatic rings. The Morgan fingerprint density at radius 3 is 2.65 bits per heavy atom. The zero-order chi connectivity index (χ0) is 16.2. The van der Waals surface area contributed by atoms with Gasteiger partial charge in [-0.15, -0.1) is 0 Å². The number of hydrogen-bond acceptors (Lipinski definition) is 4. The summed E-state index contributed by atoms with van der Waals surface area (Å²) < 4.78 is 5.61. The molecule has 0 saturated carbocycles. The number of pyridine rings is 1. The molecule has 0 saturated heterocycles. The van der Waals surface area contributed by atoms with Crippen LogP contribution in [0.4, 0.5) is 0 Å². The smallest absolute Gasteiger partial charge is 0.128 e. The van der Waals surface area contributed by atoms with E-state index in [-0.39, 0.29) is 19.8 Å². The molecule has 0 aliphatic carbocycles. The molecule has 4 nitrogen and oxygen atoms in total. The van der Waals surface area contributed by atoms with Crippen molar-refractivity contribution in [1.82, 2.24) is 4.98 Å². The average molecular weight is 309 g/mol. The number of aromatic nitrogens is 1. The van der Waals surface area contributed by atoms with Gasteiger partial charge >= 0.3 is 0 Å². The molecule has 0 radical (unpaired) electrons. The molecule has 3 rings (SSSR count). The fourth-order valence-electron chi connectivity index (χ4n) is 2.70. The minimum Gasteiger partial charge on any atom is -0.490 e. The Balaban J connectivity index is 2.17. The van der Waals surface area contributed by atoms with Crippen LogP contribution in [0.1, 0.15) is 11.1 Å². The summed E-state index contributed by atoms with van der Waals surface area (Å²) in [5.41, 5.74) is 4.38. The molecule has 2 aromatic carbocycles. The van der Waals surface area contributed by atoms with Crippen molar-refractivity contribution in [3.63, 3.8) is 0 Å². The lowest BCUT2D eigenvalue weighted by molar-refractivity contribution is 0.202. The zero-order valence-electron chi connectivity index (χ0n) is 13.0. The van der Waals surface area contributed by atoms with Crippen LogP contribution in [0.2, 0.25) is 0 Å². The maximum absolute atomic E-state index is 9.57. The van der Waals surface area contributed by atoms with Crippen LogP contribution in [-0.2, 0) is 6.61 Å². The van der Waals surface area contributed by atoms with Gasteiger partial charge in [-0.2, -0.15) is 0 Å². The number of hydrogen-bond donors (Lipinski definition) is 2. The summed E-state index contributed by atoms with van der Waals surface area (Å²) in [6, 6.07) is 15.5. The van der Waals surface area contributed by atoms with E-state index in [9.17, 15) is 5.11 Å². The van der Waals surface area contributed by atoms with E-state index in [0.717, 1.165) is 33.3 Å². The summed E-state index contributed by atoms with van der Waals surface area (Å²) in [6.07, 6.45) is 0. The first kappa shape index (κ1) is 15.5. The lowest BCUT2D eigenvalue weighted by Crippen LogP contribution is -2.03. The Hall–Kier alpha value is -2.43. The largest absolute Gasteiger partial charge is 0.490 e. The number of ether oxygens (including phenoxy) is 1. The molecule has 1 heterocycles. The summed E-state index contributed by atoms with van der Waals surface area (Å²) in [6.45, 7) is 2.19. The summed E-state index contributed by atoms with van der Waals surface area (Å²) in [4.78, 5) is 4.74. The number of benzene rings is 2. The number of fused-ring (bicyclic) bond motifs is 1. The fourth-order valence-corrected chi connectivity index (χ4v) is 2.70. The number of rotatable bonds is 5. The van der Waals surface area contributed by atoms with E-state index in [1.54, 1.807) is 0 Å². The van der Waals surface area contributed by atoms with Crippen molar-refractivity contribution in [3.8, 4) is 17.0 Å². The third-order valence-corrected chi connectivity index (χ3v) is 3.81. The first-order chi connectivity index (χ1) is 11.2. The molecule has 0 amide bonds. The van der Waals surface area contributed by atoms with Crippen LogP contribution < -0.4 is 4.74 Å². The standard InChI is InChI=1S/C19H19NO3/c1-13-11-17(16-6-2-3-8-18(16)23-10-9-21)20-19-14(12-22)5-4-7-15(13)19/h2-8,11,21-22H,9-10,12H2,1H3. The van der Waals surface area contributed by atoms with E-state index in [4.69, 9.17) is 14.8 Å². The normalized spacial score (nSPS) is 10.9. The van der Waals surface area contributed by atoms with Crippen molar-refractivity contribution in [1.29, 1.82) is 0 Å². The quantitative estimate of drug-likeness (QED) is 0.760. The van der Waals surface area contributed by atoms with Gasteiger partial charge in [0.2, 0.25) is 0 Å². The van der Waals surface area contributed by atoms with Crippen molar-refractivity contribution >= 4 is 10.9 Å². The first-order valence-electron chi connectivity index (χ1n) is 7.57. The second-order valence-corrected chi connectivity index (χ2v) is 5.36.